The average molecular weight is 502 g/mol. The van der Waals surface area contributed by atoms with Crippen LogP contribution in [0.25, 0.3) is 0 Å². The summed E-state index contributed by atoms with van der Waals surface area (Å²) >= 11 is 0. The summed E-state index contributed by atoms with van der Waals surface area (Å²) in [5, 5.41) is 28.1. The molecule has 1 aromatic carbocycles. The number of hydrogen-bond acceptors (Lipinski definition) is 3. The Morgan fingerprint density at radius 3 is 2.69 bits per heavy atom. The van der Waals surface area contributed by atoms with Gasteiger partial charge in [-0.1, -0.05) is 38.2 Å². The van der Waals surface area contributed by atoms with Crippen molar-refractivity contribution in [3.63, 3.8) is 0 Å². The van der Waals surface area contributed by atoms with E-state index < -0.39 is 21.9 Å². The number of benzene rings is 1. The molecule has 0 aromatic heterocycles. The minimum Gasteiger partial charge on any atom is -0.393 e. The van der Waals surface area contributed by atoms with Gasteiger partial charge in [0.2, 0.25) is 0 Å². The van der Waals surface area contributed by atoms with Crippen molar-refractivity contribution in [3.05, 3.63) is 65.5 Å². The Balaban J connectivity index is 1.50. The average Bonchev–Trinajstić information content (AvgIpc) is 3.17. The van der Waals surface area contributed by atoms with Crippen molar-refractivity contribution in [2.75, 3.05) is 0 Å². The van der Waals surface area contributed by atoms with E-state index in [-0.39, 0.29) is 11.2 Å². The SMILES string of the molecule is C=C1C(=CC=C2CCC[C@]3(C)[C@@H]([C@H](C)CC=S(N)(=O)c4ccc(F)cc4)CC[C@@H]23)C[C@@H](O)C[C@@H]1O. The number of halogens is 1. The van der Waals surface area contributed by atoms with Crippen LogP contribution in [0.5, 0.6) is 0 Å². The second-order valence-electron chi connectivity index (χ2n) is 11.1. The summed E-state index contributed by atoms with van der Waals surface area (Å²) in [5.41, 5.74) is 3.32. The molecular weight excluding hydrogens is 461 g/mol. The van der Waals surface area contributed by atoms with Crippen LogP contribution >= 0.6 is 0 Å². The van der Waals surface area contributed by atoms with Gasteiger partial charge >= 0.3 is 0 Å². The highest BCUT2D eigenvalue weighted by Crippen LogP contribution is 2.59. The molecule has 0 bridgehead atoms. The fourth-order valence-corrected chi connectivity index (χ4v) is 8.23. The first-order chi connectivity index (χ1) is 16.5. The van der Waals surface area contributed by atoms with E-state index in [0.29, 0.717) is 41.9 Å². The second kappa shape index (κ2) is 10.3. The Kier molecular flexibility index (Phi) is 7.77. The van der Waals surface area contributed by atoms with Crippen LogP contribution in [0.2, 0.25) is 0 Å². The van der Waals surface area contributed by atoms with E-state index >= 15 is 0 Å². The van der Waals surface area contributed by atoms with Crippen molar-refractivity contribution in [2.45, 2.75) is 82.3 Å². The van der Waals surface area contributed by atoms with Crippen LogP contribution in [0.15, 0.2) is 64.6 Å². The van der Waals surface area contributed by atoms with Gasteiger partial charge < -0.3 is 10.2 Å². The van der Waals surface area contributed by atoms with Gasteiger partial charge in [-0.05, 0) is 109 Å². The Bertz CT molecular complexity index is 1130. The first-order valence-corrected chi connectivity index (χ1v) is 14.6. The summed E-state index contributed by atoms with van der Waals surface area (Å²) in [6, 6.07) is 5.63. The van der Waals surface area contributed by atoms with E-state index in [9.17, 15) is 18.8 Å². The highest BCUT2D eigenvalue weighted by Gasteiger charge is 2.50. The molecule has 1 aromatic rings. The summed E-state index contributed by atoms with van der Waals surface area (Å²) in [7, 11) is -2.81. The largest absolute Gasteiger partial charge is 0.393 e. The number of allylic oxidation sites excluding steroid dienone is 3. The number of rotatable bonds is 5. The van der Waals surface area contributed by atoms with Crippen LogP contribution in [-0.2, 0) is 9.71 Å². The molecule has 1 unspecified atom stereocenters. The zero-order valence-corrected chi connectivity index (χ0v) is 21.8. The minimum atomic E-state index is -2.81. The van der Waals surface area contributed by atoms with Crippen molar-refractivity contribution < 1.29 is 18.8 Å². The van der Waals surface area contributed by atoms with Gasteiger partial charge in [0.05, 0.1) is 21.9 Å². The van der Waals surface area contributed by atoms with Gasteiger partial charge in [-0.2, -0.15) is 0 Å². The van der Waals surface area contributed by atoms with Gasteiger partial charge in [-0.3, -0.25) is 5.14 Å². The van der Waals surface area contributed by atoms with Gasteiger partial charge in [-0.15, -0.1) is 0 Å². The maximum Gasteiger partial charge on any atom is 0.123 e. The molecule has 0 heterocycles. The lowest BCUT2D eigenvalue weighted by atomic mass is 9.61. The fourth-order valence-electron chi connectivity index (χ4n) is 6.88. The second-order valence-corrected chi connectivity index (χ2v) is 13.2. The Morgan fingerprint density at radius 2 is 1.97 bits per heavy atom. The molecule has 3 saturated carbocycles. The molecule has 3 aliphatic rings. The maximum atomic E-state index is 13.3. The molecule has 4 nitrogen and oxygen atoms in total. The summed E-state index contributed by atoms with van der Waals surface area (Å²) < 4.78 is 26.3. The van der Waals surface area contributed by atoms with Gasteiger partial charge in [0, 0.05) is 11.3 Å². The van der Waals surface area contributed by atoms with E-state index in [4.69, 9.17) is 5.14 Å². The quantitative estimate of drug-likeness (QED) is 0.478. The lowest BCUT2D eigenvalue weighted by molar-refractivity contribution is 0.0862. The molecule has 0 amide bonds. The maximum absolute atomic E-state index is 13.3. The smallest absolute Gasteiger partial charge is 0.123 e. The zero-order valence-electron chi connectivity index (χ0n) is 21.0. The third kappa shape index (κ3) is 5.51. The number of aliphatic hydroxyl groups excluding tert-OH is 2. The summed E-state index contributed by atoms with van der Waals surface area (Å²) in [4.78, 5) is 0.470. The zero-order chi connectivity index (χ0) is 25.4. The molecule has 6 heteroatoms. The van der Waals surface area contributed by atoms with Gasteiger partial charge in [0.25, 0.3) is 0 Å². The number of hydrogen-bond donors (Lipinski definition) is 3. The molecule has 4 rings (SSSR count). The highest BCUT2D eigenvalue weighted by atomic mass is 32.2. The van der Waals surface area contributed by atoms with E-state index in [1.54, 1.807) is 5.37 Å². The van der Waals surface area contributed by atoms with Crippen molar-refractivity contribution in [2.24, 2.45) is 28.3 Å². The molecular formula is C29H40FNO3S. The van der Waals surface area contributed by atoms with E-state index in [0.717, 1.165) is 36.8 Å². The summed E-state index contributed by atoms with van der Waals surface area (Å²) in [6.07, 6.45) is 10.4. The molecule has 7 atom stereocenters. The lowest BCUT2D eigenvalue weighted by Gasteiger charge is -2.44. The third-order valence-corrected chi connectivity index (χ3v) is 10.6. The minimum absolute atomic E-state index is 0.184. The van der Waals surface area contributed by atoms with Crippen LogP contribution in [0.1, 0.15) is 65.2 Å². The van der Waals surface area contributed by atoms with E-state index in [1.807, 2.05) is 0 Å². The Morgan fingerprint density at radius 1 is 1.26 bits per heavy atom. The van der Waals surface area contributed by atoms with Crippen molar-refractivity contribution in [1.82, 2.24) is 0 Å². The topological polar surface area (TPSA) is 83.6 Å². The molecule has 0 aliphatic heterocycles. The van der Waals surface area contributed by atoms with Gasteiger partial charge in [0.15, 0.2) is 0 Å². The van der Waals surface area contributed by atoms with Crippen LogP contribution in [0.4, 0.5) is 4.39 Å². The first-order valence-electron chi connectivity index (χ1n) is 12.9. The monoisotopic (exact) mass is 501 g/mol. The molecule has 192 valence electrons. The van der Waals surface area contributed by atoms with Crippen LogP contribution in [0, 0.1) is 29.0 Å². The van der Waals surface area contributed by atoms with Crippen LogP contribution in [-0.4, -0.2) is 32.0 Å². The van der Waals surface area contributed by atoms with E-state index in [2.05, 4.69) is 32.6 Å². The van der Waals surface area contributed by atoms with Crippen LogP contribution < -0.4 is 5.14 Å². The number of fused-ring (bicyclic) bond motifs is 1. The summed E-state index contributed by atoms with van der Waals surface area (Å²) in [6.45, 7) is 8.70. The molecule has 0 radical (unpaired) electrons. The molecule has 4 N–H and O–H groups in total. The summed E-state index contributed by atoms with van der Waals surface area (Å²) in [5.74, 6) is 0.999. The van der Waals surface area contributed by atoms with Crippen molar-refractivity contribution in [1.29, 1.82) is 0 Å². The fraction of sp³-hybridized carbons (Fsp3) is 0.552. The molecule has 3 fully saturated rings. The molecule has 35 heavy (non-hydrogen) atoms. The molecule has 3 aliphatic carbocycles. The number of nitrogens with two attached hydrogens (primary N) is 1. The molecule has 0 spiro atoms. The first kappa shape index (κ1) is 26.3. The van der Waals surface area contributed by atoms with Gasteiger partial charge in [-0.25, -0.2) is 8.60 Å². The standard InChI is InChI=1S/C29H40FNO3S/c1-19(14-16-35(31,34)25-10-8-23(30)9-11-25)26-12-13-27-21(5-4-15-29(26,27)3)6-7-22-17-24(32)18-28(33)20(22)2/h6-11,16,19,24,26-28,32-33H,2,4-5,12-15,17-18H2,1,3H3,(H2,31,34)/t19-,24-,26-,27+,28+,29-,35?/m1/s1. The van der Waals surface area contributed by atoms with Crippen molar-refractivity contribution >= 4 is 15.1 Å². The number of aliphatic hydroxyl groups is 2. The highest BCUT2D eigenvalue weighted by molar-refractivity contribution is 7.99. The van der Waals surface area contributed by atoms with E-state index in [1.165, 1.54) is 36.3 Å². The Labute approximate surface area is 210 Å². The van der Waals surface area contributed by atoms with Crippen LogP contribution in [0.3, 0.4) is 0 Å². The predicted molar refractivity (Wildman–Crippen MR) is 142 cm³/mol. The predicted octanol–water partition coefficient (Wildman–Crippen LogP) is 5.31. The normalized spacial score (nSPS) is 36.1. The van der Waals surface area contributed by atoms with Gasteiger partial charge in [0.1, 0.15) is 5.82 Å². The molecule has 0 saturated heterocycles. The Hall–Kier alpha value is -1.73. The van der Waals surface area contributed by atoms with Crippen molar-refractivity contribution in [3.8, 4) is 0 Å². The third-order valence-electron chi connectivity index (χ3n) is 8.89. The lowest BCUT2D eigenvalue weighted by Crippen LogP contribution is -2.36.